The van der Waals surface area contributed by atoms with Gasteiger partial charge in [0.15, 0.2) is 0 Å². The van der Waals surface area contributed by atoms with Gasteiger partial charge >= 0.3 is 0 Å². The van der Waals surface area contributed by atoms with Crippen molar-refractivity contribution in [3.05, 3.63) is 180 Å². The van der Waals surface area contributed by atoms with Crippen LogP contribution in [0.2, 0.25) is 0 Å². The summed E-state index contributed by atoms with van der Waals surface area (Å²) in [5, 5.41) is 38.9. The largest absolute Gasteiger partial charge is 0.192 e. The smallest absolute Gasteiger partial charge is 0.0991 e. The Morgan fingerprint density at radius 2 is 0.400 bits per heavy atom. The molecule has 0 fully saturated rings. The Bertz CT molecular complexity index is 2320. The molecule has 0 aliphatic carbocycles. The predicted octanol–water partition coefficient (Wildman–Crippen LogP) is 11.2. The molecule has 0 aromatic heterocycles. The van der Waals surface area contributed by atoms with Gasteiger partial charge in [-0.1, -0.05) is 109 Å². The van der Waals surface area contributed by atoms with Gasteiger partial charge in [-0.3, -0.25) is 0 Å². The summed E-state index contributed by atoms with van der Waals surface area (Å²) >= 11 is 0. The summed E-state index contributed by atoms with van der Waals surface area (Å²) in [7, 11) is 0. The fourth-order valence-electron chi connectivity index (χ4n) is 6.54. The van der Waals surface area contributed by atoms with Crippen molar-refractivity contribution >= 4 is 0 Å². The number of rotatable bonds is 6. The quantitative estimate of drug-likeness (QED) is 0.182. The van der Waals surface area contributed by atoms with E-state index in [0.29, 0.717) is 22.3 Å². The van der Waals surface area contributed by atoms with Crippen LogP contribution in [-0.4, -0.2) is 0 Å². The topological polar surface area (TPSA) is 95.2 Å². The van der Waals surface area contributed by atoms with E-state index in [0.717, 1.165) is 66.8 Å². The molecule has 0 spiro atoms. The van der Waals surface area contributed by atoms with Crippen molar-refractivity contribution in [2.75, 3.05) is 0 Å². The van der Waals surface area contributed by atoms with Crippen molar-refractivity contribution in [2.24, 2.45) is 0 Å². The second-order valence-corrected chi connectivity index (χ2v) is 11.7. The maximum atomic E-state index is 9.73. The number of hydrogen-bond donors (Lipinski definition) is 0. The highest BCUT2D eigenvalue weighted by Crippen LogP contribution is 2.55. The van der Waals surface area contributed by atoms with Gasteiger partial charge in [0, 0.05) is 0 Å². The molecule has 7 rings (SSSR count). The van der Waals surface area contributed by atoms with Gasteiger partial charge in [-0.15, -0.1) is 0 Å². The molecule has 230 valence electrons. The highest BCUT2D eigenvalue weighted by molar-refractivity contribution is 6.15. The minimum absolute atomic E-state index is 0.546. The molecule has 0 heterocycles. The highest BCUT2D eigenvalue weighted by Gasteiger charge is 2.29. The molecular formula is C46H26N4. The van der Waals surface area contributed by atoms with Gasteiger partial charge in [0.2, 0.25) is 0 Å². The van der Waals surface area contributed by atoms with Crippen molar-refractivity contribution < 1.29 is 0 Å². The zero-order chi connectivity index (χ0) is 34.5. The molecule has 0 radical (unpaired) electrons. The summed E-state index contributed by atoms with van der Waals surface area (Å²) in [5.74, 6) is 0. The van der Waals surface area contributed by atoms with E-state index < -0.39 is 0 Å². The number of hydrogen-bond acceptors (Lipinski definition) is 4. The molecule has 50 heavy (non-hydrogen) atoms. The van der Waals surface area contributed by atoms with Crippen LogP contribution in [0.15, 0.2) is 158 Å². The van der Waals surface area contributed by atoms with Gasteiger partial charge in [0.1, 0.15) is 0 Å². The number of nitrogens with zero attached hydrogens (tertiary/aromatic N) is 4. The maximum absolute atomic E-state index is 9.73. The molecule has 4 nitrogen and oxygen atoms in total. The molecule has 7 aromatic rings. The third-order valence-corrected chi connectivity index (χ3v) is 8.84. The highest BCUT2D eigenvalue weighted by atomic mass is 14.3. The zero-order valence-corrected chi connectivity index (χ0v) is 26.8. The number of nitriles is 4. The van der Waals surface area contributed by atoms with Crippen LogP contribution in [0.3, 0.4) is 0 Å². The van der Waals surface area contributed by atoms with Crippen LogP contribution in [0, 0.1) is 45.3 Å². The Morgan fingerprint density at radius 3 is 0.580 bits per heavy atom. The van der Waals surface area contributed by atoms with E-state index in [1.807, 2.05) is 133 Å². The van der Waals surface area contributed by atoms with Crippen molar-refractivity contribution in [1.82, 2.24) is 0 Å². The van der Waals surface area contributed by atoms with Crippen LogP contribution in [0.4, 0.5) is 0 Å². The van der Waals surface area contributed by atoms with Gasteiger partial charge in [-0.05, 0) is 115 Å². The van der Waals surface area contributed by atoms with E-state index in [4.69, 9.17) is 0 Å². The maximum Gasteiger partial charge on any atom is 0.0991 e. The van der Waals surface area contributed by atoms with Crippen molar-refractivity contribution in [1.29, 1.82) is 21.0 Å². The zero-order valence-electron chi connectivity index (χ0n) is 26.8. The van der Waals surface area contributed by atoms with Crippen molar-refractivity contribution in [3.8, 4) is 91.0 Å². The fraction of sp³-hybridized carbons (Fsp3) is 0. The molecule has 0 aliphatic rings. The first-order chi connectivity index (χ1) is 24.6. The fourth-order valence-corrected chi connectivity index (χ4v) is 6.54. The van der Waals surface area contributed by atoms with Crippen LogP contribution in [-0.2, 0) is 0 Å². The lowest BCUT2D eigenvalue weighted by atomic mass is 9.74. The van der Waals surface area contributed by atoms with Crippen molar-refractivity contribution in [2.45, 2.75) is 0 Å². The van der Waals surface area contributed by atoms with Crippen LogP contribution >= 0.6 is 0 Å². The Balaban J connectivity index is 1.80. The normalized spacial score (nSPS) is 10.3. The van der Waals surface area contributed by atoms with Gasteiger partial charge in [-0.25, -0.2) is 0 Å². The molecule has 0 N–H and O–H groups in total. The minimum Gasteiger partial charge on any atom is -0.192 e. The second-order valence-electron chi connectivity index (χ2n) is 11.7. The molecule has 0 atom stereocenters. The third-order valence-electron chi connectivity index (χ3n) is 8.84. The molecule has 0 saturated heterocycles. The molecular weight excluding hydrogens is 609 g/mol. The predicted molar refractivity (Wildman–Crippen MR) is 198 cm³/mol. The summed E-state index contributed by atoms with van der Waals surface area (Å²) in [6, 6.07) is 60.2. The third kappa shape index (κ3) is 5.79. The van der Waals surface area contributed by atoms with Crippen LogP contribution in [0.1, 0.15) is 22.3 Å². The lowest BCUT2D eigenvalue weighted by molar-refractivity contribution is 1.46. The van der Waals surface area contributed by atoms with Crippen LogP contribution in [0.25, 0.3) is 66.8 Å². The molecule has 0 aliphatic heterocycles. The van der Waals surface area contributed by atoms with E-state index in [9.17, 15) is 21.0 Å². The minimum atomic E-state index is 0.546. The molecule has 7 aromatic carbocycles. The summed E-state index contributed by atoms with van der Waals surface area (Å²) in [6.45, 7) is 0. The monoisotopic (exact) mass is 634 g/mol. The SMILES string of the molecule is N#Cc1ccc(-c2c(-c3ccccc3)c(-c3ccccc3)c(-c3ccc(C#N)cc3)c(-c3ccc(C#N)cc3)c2-c2ccc(C#N)cc2)cc1. The molecule has 0 amide bonds. The first kappa shape index (κ1) is 31.1. The summed E-state index contributed by atoms with van der Waals surface area (Å²) in [6.07, 6.45) is 0. The van der Waals surface area contributed by atoms with Gasteiger partial charge in [0.25, 0.3) is 0 Å². The van der Waals surface area contributed by atoms with Gasteiger partial charge in [-0.2, -0.15) is 21.0 Å². The summed E-state index contributed by atoms with van der Waals surface area (Å²) < 4.78 is 0. The average molecular weight is 635 g/mol. The number of benzene rings is 7. The summed E-state index contributed by atoms with van der Waals surface area (Å²) in [5.41, 5.74) is 13.6. The second kappa shape index (κ2) is 13.7. The first-order valence-electron chi connectivity index (χ1n) is 16.0. The molecule has 0 bridgehead atoms. The average Bonchev–Trinajstić information content (AvgIpc) is 3.20. The van der Waals surface area contributed by atoms with Gasteiger partial charge in [0.05, 0.1) is 46.5 Å². The lowest BCUT2D eigenvalue weighted by Crippen LogP contribution is -2.02. The Kier molecular flexibility index (Phi) is 8.52. The lowest BCUT2D eigenvalue weighted by Gasteiger charge is -2.29. The first-order valence-corrected chi connectivity index (χ1v) is 16.0. The van der Waals surface area contributed by atoms with Crippen LogP contribution < -0.4 is 0 Å². The van der Waals surface area contributed by atoms with Crippen LogP contribution in [0.5, 0.6) is 0 Å². The van der Waals surface area contributed by atoms with E-state index in [1.165, 1.54) is 0 Å². The molecule has 0 saturated carbocycles. The van der Waals surface area contributed by atoms with E-state index in [-0.39, 0.29) is 0 Å². The Hall–Kier alpha value is -7.50. The standard InChI is InChI=1S/C46H26N4/c47-27-31-11-19-37(20-12-31)43-41(35-7-3-1-4-8-35)42(36-9-5-2-6-10-36)44(38-21-13-32(28-48)14-22-38)46(40-25-17-34(30-50)18-26-40)45(43)39-23-15-33(29-49)16-24-39/h1-26H. The van der Waals surface area contributed by atoms with E-state index in [1.54, 1.807) is 0 Å². The van der Waals surface area contributed by atoms with Crippen molar-refractivity contribution in [3.63, 3.8) is 0 Å². The Labute approximate surface area is 291 Å². The molecule has 0 unspecified atom stereocenters. The Morgan fingerprint density at radius 1 is 0.220 bits per heavy atom. The molecule has 4 heteroatoms. The van der Waals surface area contributed by atoms with E-state index >= 15 is 0 Å². The van der Waals surface area contributed by atoms with E-state index in [2.05, 4.69) is 48.5 Å². The van der Waals surface area contributed by atoms with Gasteiger partial charge < -0.3 is 0 Å². The summed E-state index contributed by atoms with van der Waals surface area (Å²) in [4.78, 5) is 0.